The fourth-order valence-corrected chi connectivity index (χ4v) is 5.20. The largest absolute Gasteiger partial charge is 0.0836 e. The first-order chi connectivity index (χ1) is 9.65. The van der Waals surface area contributed by atoms with Gasteiger partial charge in [0.2, 0.25) is 0 Å². The van der Waals surface area contributed by atoms with Crippen LogP contribution in [0.3, 0.4) is 0 Å². The minimum Gasteiger partial charge on any atom is -0.0836 e. The number of fused-ring (bicyclic) bond motifs is 1. The van der Waals surface area contributed by atoms with Gasteiger partial charge in [0, 0.05) is 4.83 Å². The summed E-state index contributed by atoms with van der Waals surface area (Å²) in [6.07, 6.45) is 9.94. The Labute approximate surface area is 140 Å². The van der Waals surface area contributed by atoms with Crippen LogP contribution in [-0.2, 0) is 0 Å². The van der Waals surface area contributed by atoms with E-state index in [2.05, 4.69) is 22.0 Å². The molecule has 1 aromatic rings. The van der Waals surface area contributed by atoms with Crippen molar-refractivity contribution in [3.8, 4) is 0 Å². The SMILES string of the molecule is Clc1ccc(C(Br)C2CCC3CCCCC3C2)cc1Cl. The van der Waals surface area contributed by atoms with Crippen LogP contribution < -0.4 is 0 Å². The van der Waals surface area contributed by atoms with E-state index in [0.717, 1.165) is 17.8 Å². The minimum atomic E-state index is 0.417. The second-order valence-electron chi connectivity index (χ2n) is 6.45. The molecule has 0 radical (unpaired) electrons. The molecule has 0 amide bonds. The van der Waals surface area contributed by atoms with Crippen molar-refractivity contribution in [2.24, 2.45) is 17.8 Å². The molecule has 3 heteroatoms. The van der Waals surface area contributed by atoms with Gasteiger partial charge in [0.05, 0.1) is 10.0 Å². The quantitative estimate of drug-likeness (QED) is 0.486. The van der Waals surface area contributed by atoms with Gasteiger partial charge in [0.25, 0.3) is 0 Å². The lowest BCUT2D eigenvalue weighted by molar-refractivity contribution is 0.129. The van der Waals surface area contributed by atoms with Crippen LogP contribution in [0.15, 0.2) is 18.2 Å². The summed E-state index contributed by atoms with van der Waals surface area (Å²) in [4.78, 5) is 0.417. The molecule has 2 fully saturated rings. The monoisotopic (exact) mass is 374 g/mol. The fourth-order valence-electron chi connectivity index (χ4n) is 4.13. The molecule has 3 rings (SSSR count). The van der Waals surface area contributed by atoms with E-state index in [9.17, 15) is 0 Å². The second kappa shape index (κ2) is 6.58. The topological polar surface area (TPSA) is 0 Å². The van der Waals surface area contributed by atoms with Crippen molar-refractivity contribution in [3.63, 3.8) is 0 Å². The second-order valence-corrected chi connectivity index (χ2v) is 8.25. The van der Waals surface area contributed by atoms with Gasteiger partial charge in [-0.25, -0.2) is 0 Å². The average Bonchev–Trinajstić information content (AvgIpc) is 2.49. The molecule has 1 aromatic carbocycles. The van der Waals surface area contributed by atoms with Gasteiger partial charge in [-0.2, -0.15) is 0 Å². The zero-order valence-corrected chi connectivity index (χ0v) is 14.7. The van der Waals surface area contributed by atoms with E-state index in [1.807, 2.05) is 12.1 Å². The van der Waals surface area contributed by atoms with E-state index in [1.165, 1.54) is 50.5 Å². The predicted molar refractivity (Wildman–Crippen MR) is 90.9 cm³/mol. The molecular weight excluding hydrogens is 355 g/mol. The molecule has 20 heavy (non-hydrogen) atoms. The smallest absolute Gasteiger partial charge is 0.0595 e. The average molecular weight is 376 g/mol. The van der Waals surface area contributed by atoms with Crippen LogP contribution >= 0.6 is 39.1 Å². The number of rotatable bonds is 2. The lowest BCUT2D eigenvalue weighted by Gasteiger charge is -2.41. The number of alkyl halides is 1. The maximum atomic E-state index is 6.15. The molecule has 2 aliphatic rings. The molecule has 0 aromatic heterocycles. The molecule has 0 saturated heterocycles. The van der Waals surface area contributed by atoms with Crippen molar-refractivity contribution in [1.29, 1.82) is 0 Å². The zero-order valence-electron chi connectivity index (χ0n) is 11.6. The highest BCUT2D eigenvalue weighted by Crippen LogP contribution is 2.48. The molecule has 2 saturated carbocycles. The van der Waals surface area contributed by atoms with Crippen molar-refractivity contribution in [1.82, 2.24) is 0 Å². The van der Waals surface area contributed by atoms with Crippen LogP contribution in [0.1, 0.15) is 55.3 Å². The summed E-state index contributed by atoms with van der Waals surface area (Å²) in [7, 11) is 0. The van der Waals surface area contributed by atoms with E-state index < -0.39 is 0 Å². The molecule has 2 aliphatic carbocycles. The summed E-state index contributed by atoms with van der Waals surface area (Å²) in [6.45, 7) is 0. The number of hydrogen-bond acceptors (Lipinski definition) is 0. The van der Waals surface area contributed by atoms with Gasteiger partial charge < -0.3 is 0 Å². The summed E-state index contributed by atoms with van der Waals surface area (Å²) in [5, 5.41) is 1.31. The Balaban J connectivity index is 1.70. The lowest BCUT2D eigenvalue weighted by Crippen LogP contribution is -2.29. The molecule has 0 aliphatic heterocycles. The maximum Gasteiger partial charge on any atom is 0.0595 e. The molecule has 0 bridgehead atoms. The minimum absolute atomic E-state index is 0.417. The number of halogens is 3. The zero-order chi connectivity index (χ0) is 14.1. The van der Waals surface area contributed by atoms with Crippen molar-refractivity contribution >= 4 is 39.1 Å². The van der Waals surface area contributed by atoms with Gasteiger partial charge >= 0.3 is 0 Å². The highest BCUT2D eigenvalue weighted by molar-refractivity contribution is 9.09. The summed E-state index contributed by atoms with van der Waals surface area (Å²) >= 11 is 16.1. The molecule has 0 nitrogen and oxygen atoms in total. The molecule has 0 spiro atoms. The fraction of sp³-hybridized carbons (Fsp3) is 0.647. The van der Waals surface area contributed by atoms with Gasteiger partial charge in [0.15, 0.2) is 0 Å². The Bertz CT molecular complexity index is 474. The van der Waals surface area contributed by atoms with Crippen LogP contribution in [0, 0.1) is 17.8 Å². The standard InChI is InChI=1S/C17H21BrCl2/c18-17(14-7-8-15(19)16(20)10-14)13-6-5-11-3-1-2-4-12(11)9-13/h7-8,10-13,17H,1-6,9H2. The van der Waals surface area contributed by atoms with Crippen molar-refractivity contribution < 1.29 is 0 Å². The summed E-state index contributed by atoms with van der Waals surface area (Å²) in [6, 6.07) is 6.05. The Morgan fingerprint density at radius 1 is 0.950 bits per heavy atom. The van der Waals surface area contributed by atoms with Crippen LogP contribution in [0.5, 0.6) is 0 Å². The third-order valence-electron chi connectivity index (χ3n) is 5.26. The van der Waals surface area contributed by atoms with Crippen molar-refractivity contribution in [2.75, 3.05) is 0 Å². The summed E-state index contributed by atoms with van der Waals surface area (Å²) in [5.41, 5.74) is 1.28. The van der Waals surface area contributed by atoms with Crippen LogP contribution in [0.4, 0.5) is 0 Å². The van der Waals surface area contributed by atoms with Gasteiger partial charge in [-0.05, 0) is 54.7 Å². The van der Waals surface area contributed by atoms with Gasteiger partial charge in [0.1, 0.15) is 0 Å². The normalized spacial score (nSPS) is 31.6. The van der Waals surface area contributed by atoms with Gasteiger partial charge in [-0.3, -0.25) is 0 Å². The number of hydrogen-bond donors (Lipinski definition) is 0. The summed E-state index contributed by atoms with van der Waals surface area (Å²) in [5.74, 6) is 2.71. The predicted octanol–water partition coefficient (Wildman–Crippen LogP) is 7.04. The molecule has 4 atom stereocenters. The van der Waals surface area contributed by atoms with Crippen LogP contribution in [-0.4, -0.2) is 0 Å². The van der Waals surface area contributed by atoms with Crippen LogP contribution in [0.2, 0.25) is 10.0 Å². The first kappa shape index (κ1) is 15.2. The van der Waals surface area contributed by atoms with E-state index in [4.69, 9.17) is 23.2 Å². The van der Waals surface area contributed by atoms with Crippen molar-refractivity contribution in [3.05, 3.63) is 33.8 Å². The highest BCUT2D eigenvalue weighted by Gasteiger charge is 2.35. The van der Waals surface area contributed by atoms with Crippen LogP contribution in [0.25, 0.3) is 0 Å². The van der Waals surface area contributed by atoms with E-state index in [1.54, 1.807) is 0 Å². The number of benzene rings is 1. The molecular formula is C17H21BrCl2. The molecule has 0 N–H and O–H groups in total. The molecule has 110 valence electrons. The maximum absolute atomic E-state index is 6.15. The van der Waals surface area contributed by atoms with E-state index >= 15 is 0 Å². The van der Waals surface area contributed by atoms with Gasteiger partial charge in [-0.15, -0.1) is 0 Å². The first-order valence-corrected chi connectivity index (χ1v) is 9.41. The van der Waals surface area contributed by atoms with Gasteiger partial charge in [-0.1, -0.05) is 70.9 Å². The lowest BCUT2D eigenvalue weighted by atomic mass is 9.66. The van der Waals surface area contributed by atoms with E-state index in [0.29, 0.717) is 14.9 Å². The van der Waals surface area contributed by atoms with E-state index in [-0.39, 0.29) is 0 Å². The third-order valence-corrected chi connectivity index (χ3v) is 7.27. The first-order valence-electron chi connectivity index (χ1n) is 7.74. The molecule has 4 unspecified atom stereocenters. The summed E-state index contributed by atoms with van der Waals surface area (Å²) < 4.78 is 0. The Hall–Kier alpha value is 0.280. The Morgan fingerprint density at radius 3 is 2.45 bits per heavy atom. The highest BCUT2D eigenvalue weighted by atomic mass is 79.9. The Kier molecular flexibility index (Phi) is 5.00. The third kappa shape index (κ3) is 3.20. The van der Waals surface area contributed by atoms with Crippen molar-refractivity contribution in [2.45, 2.75) is 49.8 Å². The molecule has 0 heterocycles. The Morgan fingerprint density at radius 2 is 1.70 bits per heavy atom.